The van der Waals surface area contributed by atoms with Gasteiger partial charge in [0.25, 0.3) is 0 Å². The molecule has 136 valence electrons. The van der Waals surface area contributed by atoms with E-state index in [0.717, 1.165) is 32.6 Å². The van der Waals surface area contributed by atoms with Gasteiger partial charge in [0.05, 0.1) is 5.92 Å². The van der Waals surface area contributed by atoms with Crippen molar-refractivity contribution < 1.29 is 4.79 Å². The van der Waals surface area contributed by atoms with E-state index >= 15 is 0 Å². The number of hydrogen-bond donors (Lipinski definition) is 0. The standard InChI is InChI=1S/C23H28N2O/c1-17-4-8-19(9-5-17)23(20-10-6-18(2)7-11-20)16-21(23)22(26)25-14-12-24(3)13-15-25/h4-11,21H,12-16H2,1-3H3. The van der Waals surface area contributed by atoms with Gasteiger partial charge in [0, 0.05) is 31.6 Å². The molecule has 1 heterocycles. The normalized spacial score (nSPS) is 22.3. The van der Waals surface area contributed by atoms with E-state index in [-0.39, 0.29) is 11.3 Å². The van der Waals surface area contributed by atoms with Crippen molar-refractivity contribution in [3.05, 3.63) is 70.8 Å². The highest BCUT2D eigenvalue weighted by Gasteiger charge is 2.61. The molecule has 2 aromatic carbocycles. The van der Waals surface area contributed by atoms with E-state index in [2.05, 4.69) is 79.2 Å². The van der Waals surface area contributed by atoms with Crippen molar-refractivity contribution in [3.8, 4) is 0 Å². The Labute approximate surface area is 156 Å². The maximum atomic E-state index is 13.3. The summed E-state index contributed by atoms with van der Waals surface area (Å²) in [4.78, 5) is 17.6. The topological polar surface area (TPSA) is 23.6 Å². The van der Waals surface area contributed by atoms with Crippen LogP contribution >= 0.6 is 0 Å². The van der Waals surface area contributed by atoms with Crippen LogP contribution in [0.4, 0.5) is 0 Å². The van der Waals surface area contributed by atoms with Crippen molar-refractivity contribution in [1.29, 1.82) is 0 Å². The number of piperazine rings is 1. The Morgan fingerprint density at radius 3 is 1.77 bits per heavy atom. The van der Waals surface area contributed by atoms with Crippen molar-refractivity contribution in [3.63, 3.8) is 0 Å². The van der Waals surface area contributed by atoms with E-state index in [1.165, 1.54) is 22.3 Å². The summed E-state index contributed by atoms with van der Waals surface area (Å²) in [6.07, 6.45) is 0.921. The van der Waals surface area contributed by atoms with Gasteiger partial charge in [0.15, 0.2) is 0 Å². The summed E-state index contributed by atoms with van der Waals surface area (Å²) in [5.41, 5.74) is 4.92. The Morgan fingerprint density at radius 1 is 0.846 bits per heavy atom. The van der Waals surface area contributed by atoms with Crippen LogP contribution in [0.5, 0.6) is 0 Å². The lowest BCUT2D eigenvalue weighted by Gasteiger charge is -2.33. The SMILES string of the molecule is Cc1ccc(C2(c3ccc(C)cc3)CC2C(=O)N2CCN(C)CC2)cc1. The summed E-state index contributed by atoms with van der Waals surface area (Å²) in [6.45, 7) is 7.87. The molecule has 1 saturated carbocycles. The van der Waals surface area contributed by atoms with E-state index < -0.39 is 0 Å². The molecule has 1 aliphatic heterocycles. The fraction of sp³-hybridized carbons (Fsp3) is 0.435. The quantitative estimate of drug-likeness (QED) is 0.849. The second-order valence-electron chi connectivity index (χ2n) is 8.09. The third-order valence-corrected chi connectivity index (χ3v) is 6.21. The molecule has 2 fully saturated rings. The summed E-state index contributed by atoms with van der Waals surface area (Å²) in [7, 11) is 2.13. The van der Waals surface area contributed by atoms with Gasteiger partial charge in [0.2, 0.25) is 5.91 Å². The molecule has 2 aromatic rings. The molecule has 1 saturated heterocycles. The van der Waals surface area contributed by atoms with Crippen LogP contribution in [0.15, 0.2) is 48.5 Å². The number of nitrogens with zero attached hydrogens (tertiary/aromatic N) is 2. The Kier molecular flexibility index (Phi) is 4.36. The molecule has 0 radical (unpaired) electrons. The summed E-state index contributed by atoms with van der Waals surface area (Å²) < 4.78 is 0. The summed E-state index contributed by atoms with van der Waals surface area (Å²) in [5, 5.41) is 0. The van der Waals surface area contributed by atoms with Crippen LogP contribution in [0.25, 0.3) is 0 Å². The lowest BCUT2D eigenvalue weighted by molar-refractivity contribution is -0.134. The lowest BCUT2D eigenvalue weighted by Crippen LogP contribution is -2.48. The number of benzene rings is 2. The lowest BCUT2D eigenvalue weighted by atomic mass is 9.84. The molecule has 1 amide bonds. The van der Waals surface area contributed by atoms with Crippen LogP contribution in [0, 0.1) is 19.8 Å². The number of rotatable bonds is 3. The highest BCUT2D eigenvalue weighted by atomic mass is 16.2. The van der Waals surface area contributed by atoms with Gasteiger partial charge < -0.3 is 9.80 Å². The van der Waals surface area contributed by atoms with Crippen molar-refractivity contribution >= 4 is 5.91 Å². The predicted molar refractivity (Wildman–Crippen MR) is 105 cm³/mol. The molecule has 1 unspecified atom stereocenters. The van der Waals surface area contributed by atoms with E-state index in [4.69, 9.17) is 0 Å². The monoisotopic (exact) mass is 348 g/mol. The van der Waals surface area contributed by atoms with Gasteiger partial charge >= 0.3 is 0 Å². The van der Waals surface area contributed by atoms with E-state index in [1.807, 2.05) is 0 Å². The van der Waals surface area contributed by atoms with E-state index in [9.17, 15) is 4.79 Å². The minimum atomic E-state index is -0.151. The zero-order valence-corrected chi connectivity index (χ0v) is 16.0. The predicted octanol–water partition coefficient (Wildman–Crippen LogP) is 3.38. The Morgan fingerprint density at radius 2 is 1.31 bits per heavy atom. The molecule has 0 bridgehead atoms. The minimum absolute atomic E-state index is 0.0660. The van der Waals surface area contributed by atoms with Crippen LogP contribution in [0.2, 0.25) is 0 Å². The summed E-state index contributed by atoms with van der Waals surface area (Å²) in [5.74, 6) is 0.399. The average molecular weight is 348 g/mol. The molecule has 26 heavy (non-hydrogen) atoms. The summed E-state index contributed by atoms with van der Waals surface area (Å²) in [6, 6.07) is 17.5. The number of hydrogen-bond acceptors (Lipinski definition) is 2. The smallest absolute Gasteiger partial charge is 0.227 e. The Bertz CT molecular complexity index is 740. The molecule has 0 aromatic heterocycles. The third-order valence-electron chi connectivity index (χ3n) is 6.21. The van der Waals surface area contributed by atoms with Gasteiger partial charge in [-0.1, -0.05) is 59.7 Å². The molecule has 1 aliphatic carbocycles. The average Bonchev–Trinajstić information content (AvgIpc) is 3.40. The van der Waals surface area contributed by atoms with Crippen molar-refractivity contribution in [2.45, 2.75) is 25.7 Å². The number of carbonyl (C=O) groups excluding carboxylic acids is 1. The van der Waals surface area contributed by atoms with E-state index in [1.54, 1.807) is 0 Å². The van der Waals surface area contributed by atoms with Gasteiger partial charge in [-0.05, 0) is 38.4 Å². The van der Waals surface area contributed by atoms with Crippen LogP contribution in [-0.2, 0) is 10.2 Å². The zero-order valence-electron chi connectivity index (χ0n) is 16.0. The maximum absolute atomic E-state index is 13.3. The van der Waals surface area contributed by atoms with E-state index in [0.29, 0.717) is 5.91 Å². The molecule has 3 heteroatoms. The van der Waals surface area contributed by atoms with Crippen LogP contribution in [-0.4, -0.2) is 48.9 Å². The molecular formula is C23H28N2O. The fourth-order valence-electron chi connectivity index (χ4n) is 4.32. The third kappa shape index (κ3) is 2.95. The molecular weight excluding hydrogens is 320 g/mol. The Balaban J connectivity index is 1.66. The molecule has 1 atom stereocenters. The first kappa shape index (κ1) is 17.3. The van der Waals surface area contributed by atoms with Gasteiger partial charge in [-0.2, -0.15) is 0 Å². The van der Waals surface area contributed by atoms with Gasteiger partial charge in [0.1, 0.15) is 0 Å². The van der Waals surface area contributed by atoms with Gasteiger partial charge in [-0.3, -0.25) is 4.79 Å². The first-order valence-electron chi connectivity index (χ1n) is 9.62. The minimum Gasteiger partial charge on any atom is -0.340 e. The Hall–Kier alpha value is -2.13. The summed E-state index contributed by atoms with van der Waals surface area (Å²) >= 11 is 0. The number of aryl methyl sites for hydroxylation is 2. The fourth-order valence-corrected chi connectivity index (χ4v) is 4.32. The van der Waals surface area contributed by atoms with Gasteiger partial charge in [-0.25, -0.2) is 0 Å². The second kappa shape index (κ2) is 6.55. The maximum Gasteiger partial charge on any atom is 0.227 e. The molecule has 2 aliphatic rings. The number of amides is 1. The van der Waals surface area contributed by atoms with Gasteiger partial charge in [-0.15, -0.1) is 0 Å². The molecule has 0 spiro atoms. The number of carbonyl (C=O) groups is 1. The van der Waals surface area contributed by atoms with Crippen LogP contribution in [0.1, 0.15) is 28.7 Å². The van der Waals surface area contributed by atoms with Crippen LogP contribution < -0.4 is 0 Å². The highest BCUT2D eigenvalue weighted by Crippen LogP contribution is 2.59. The van der Waals surface area contributed by atoms with Crippen molar-refractivity contribution in [2.24, 2.45) is 5.92 Å². The number of likely N-dealkylation sites (N-methyl/N-ethyl adjacent to an activating group) is 1. The molecule has 3 nitrogen and oxygen atoms in total. The largest absolute Gasteiger partial charge is 0.340 e. The van der Waals surface area contributed by atoms with Crippen LogP contribution in [0.3, 0.4) is 0 Å². The molecule has 4 rings (SSSR count). The second-order valence-corrected chi connectivity index (χ2v) is 8.09. The van der Waals surface area contributed by atoms with Crippen molar-refractivity contribution in [2.75, 3.05) is 33.2 Å². The molecule has 0 N–H and O–H groups in total. The zero-order chi connectivity index (χ0) is 18.3. The first-order chi connectivity index (χ1) is 12.5. The highest BCUT2D eigenvalue weighted by molar-refractivity contribution is 5.86. The van der Waals surface area contributed by atoms with Crippen molar-refractivity contribution in [1.82, 2.24) is 9.80 Å². The first-order valence-corrected chi connectivity index (χ1v) is 9.62.